The van der Waals surface area contributed by atoms with Gasteiger partial charge in [-0.3, -0.25) is 9.58 Å². The first-order valence-corrected chi connectivity index (χ1v) is 11.0. The van der Waals surface area contributed by atoms with E-state index in [1.54, 1.807) is 0 Å². The second-order valence-corrected chi connectivity index (χ2v) is 9.15. The van der Waals surface area contributed by atoms with Crippen molar-refractivity contribution in [3.8, 4) is 0 Å². The molecule has 6 nitrogen and oxygen atoms in total. The van der Waals surface area contributed by atoms with Gasteiger partial charge in [-0.05, 0) is 46.5 Å². The van der Waals surface area contributed by atoms with Crippen molar-refractivity contribution in [3.63, 3.8) is 0 Å². The van der Waals surface area contributed by atoms with Crippen LogP contribution in [0.15, 0.2) is 18.3 Å². The van der Waals surface area contributed by atoms with E-state index in [-0.39, 0.29) is 0 Å². The Bertz CT molecular complexity index is 939. The Hall–Kier alpha value is -2.21. The third kappa shape index (κ3) is 3.27. The summed E-state index contributed by atoms with van der Waals surface area (Å²) in [7, 11) is 0. The summed E-state index contributed by atoms with van der Waals surface area (Å²) in [5, 5.41) is 4.79. The molecule has 3 aliphatic heterocycles. The summed E-state index contributed by atoms with van der Waals surface area (Å²) in [6.07, 6.45) is 8.15. The molecule has 6 heteroatoms. The number of aryl methyl sites for hydroxylation is 1. The highest BCUT2D eigenvalue weighted by Gasteiger charge is 2.41. The Kier molecular flexibility index (Phi) is 4.69. The second-order valence-electron chi connectivity index (χ2n) is 9.15. The molecule has 0 radical (unpaired) electrons. The van der Waals surface area contributed by atoms with Gasteiger partial charge < -0.3 is 4.90 Å². The van der Waals surface area contributed by atoms with E-state index in [9.17, 15) is 0 Å². The van der Waals surface area contributed by atoms with Crippen molar-refractivity contribution in [2.75, 3.05) is 18.0 Å². The third-order valence-corrected chi connectivity index (χ3v) is 7.00. The molecule has 2 aromatic rings. The fourth-order valence-electron chi connectivity index (χ4n) is 5.43. The summed E-state index contributed by atoms with van der Waals surface area (Å²) in [5.74, 6) is 0.946. The van der Waals surface area contributed by atoms with E-state index in [2.05, 4.69) is 48.0 Å². The van der Waals surface area contributed by atoms with E-state index in [0.717, 1.165) is 49.8 Å². The molecule has 29 heavy (non-hydrogen) atoms. The standard InChI is InChI=1S/C23H32N6/c1-15(2)13-29-17(4)20(16(3)26-29)14-28-18-7-8-22(28)19-12-24-23(25-21(19)11-18)27-9-5-6-10-27/h12,18,22H,1,5-11,13-14H2,2-4H3/t18-,22-/m1/s1. The van der Waals surface area contributed by atoms with Crippen LogP contribution in [0.2, 0.25) is 0 Å². The van der Waals surface area contributed by atoms with E-state index in [4.69, 9.17) is 15.1 Å². The van der Waals surface area contributed by atoms with Crippen LogP contribution in [-0.2, 0) is 19.5 Å². The summed E-state index contributed by atoms with van der Waals surface area (Å²) in [5.41, 5.74) is 7.58. The molecule has 2 fully saturated rings. The zero-order valence-corrected chi connectivity index (χ0v) is 18.0. The summed E-state index contributed by atoms with van der Waals surface area (Å²) in [4.78, 5) is 14.8. The van der Waals surface area contributed by atoms with Crippen LogP contribution in [0, 0.1) is 13.8 Å². The molecule has 3 aliphatic rings. The minimum Gasteiger partial charge on any atom is -0.341 e. The largest absolute Gasteiger partial charge is 0.341 e. The number of hydrogen-bond donors (Lipinski definition) is 0. The van der Waals surface area contributed by atoms with Crippen LogP contribution in [0.4, 0.5) is 5.95 Å². The minimum atomic E-state index is 0.444. The average molecular weight is 393 g/mol. The van der Waals surface area contributed by atoms with Gasteiger partial charge in [0.05, 0.1) is 17.9 Å². The molecule has 2 saturated heterocycles. The Morgan fingerprint density at radius 1 is 1.21 bits per heavy atom. The molecule has 2 bridgehead atoms. The lowest BCUT2D eigenvalue weighted by Crippen LogP contribution is -2.38. The van der Waals surface area contributed by atoms with Gasteiger partial charge in [0, 0.05) is 61.2 Å². The van der Waals surface area contributed by atoms with Gasteiger partial charge in [-0.25, -0.2) is 9.97 Å². The molecule has 0 aliphatic carbocycles. The lowest BCUT2D eigenvalue weighted by atomic mass is 9.98. The van der Waals surface area contributed by atoms with Crippen molar-refractivity contribution in [2.45, 2.75) is 78.0 Å². The van der Waals surface area contributed by atoms with Gasteiger partial charge in [0.25, 0.3) is 0 Å². The molecule has 0 spiro atoms. The maximum absolute atomic E-state index is 5.01. The van der Waals surface area contributed by atoms with Crippen molar-refractivity contribution < 1.29 is 0 Å². The first-order valence-electron chi connectivity index (χ1n) is 11.0. The topological polar surface area (TPSA) is 50.1 Å². The first-order chi connectivity index (χ1) is 14.0. The highest BCUT2D eigenvalue weighted by Crippen LogP contribution is 2.44. The van der Waals surface area contributed by atoms with Crippen molar-refractivity contribution >= 4 is 5.95 Å². The molecule has 2 atom stereocenters. The van der Waals surface area contributed by atoms with Crippen molar-refractivity contribution in [2.24, 2.45) is 0 Å². The number of anilines is 1. The molecule has 0 unspecified atom stereocenters. The highest BCUT2D eigenvalue weighted by molar-refractivity contribution is 5.38. The zero-order chi connectivity index (χ0) is 20.1. The van der Waals surface area contributed by atoms with Crippen molar-refractivity contribution in [3.05, 3.63) is 46.6 Å². The maximum Gasteiger partial charge on any atom is 0.225 e. The smallest absolute Gasteiger partial charge is 0.225 e. The highest BCUT2D eigenvalue weighted by atomic mass is 15.3. The molecule has 154 valence electrons. The molecule has 0 amide bonds. The quantitative estimate of drug-likeness (QED) is 0.726. The van der Waals surface area contributed by atoms with E-state index < -0.39 is 0 Å². The third-order valence-electron chi connectivity index (χ3n) is 7.00. The molecule has 5 heterocycles. The van der Waals surface area contributed by atoms with Gasteiger partial charge in [0.1, 0.15) is 0 Å². The summed E-state index contributed by atoms with van der Waals surface area (Å²) < 4.78 is 2.11. The van der Waals surface area contributed by atoms with Crippen LogP contribution >= 0.6 is 0 Å². The monoisotopic (exact) mass is 392 g/mol. The summed E-state index contributed by atoms with van der Waals surface area (Å²) in [6.45, 7) is 14.4. The van der Waals surface area contributed by atoms with E-state index in [0.29, 0.717) is 12.1 Å². The average Bonchev–Trinajstić information content (AvgIpc) is 3.37. The van der Waals surface area contributed by atoms with Crippen LogP contribution < -0.4 is 4.90 Å². The fraction of sp³-hybridized carbons (Fsp3) is 0.609. The molecule has 0 N–H and O–H groups in total. The summed E-state index contributed by atoms with van der Waals surface area (Å²) >= 11 is 0. The van der Waals surface area contributed by atoms with Gasteiger partial charge in [-0.1, -0.05) is 12.2 Å². The normalized spacial score (nSPS) is 23.6. The first kappa shape index (κ1) is 18.8. The lowest BCUT2D eigenvalue weighted by Gasteiger charge is -2.36. The van der Waals surface area contributed by atoms with Crippen LogP contribution in [0.5, 0.6) is 0 Å². The van der Waals surface area contributed by atoms with Gasteiger partial charge in [-0.2, -0.15) is 5.10 Å². The second kappa shape index (κ2) is 7.24. The minimum absolute atomic E-state index is 0.444. The molecule has 0 aromatic carbocycles. The molecule has 0 saturated carbocycles. The molecular weight excluding hydrogens is 360 g/mol. The number of allylic oxidation sites excluding steroid dienone is 1. The van der Waals surface area contributed by atoms with Crippen LogP contribution in [0.25, 0.3) is 0 Å². The molecule has 5 rings (SSSR count). The van der Waals surface area contributed by atoms with Gasteiger partial charge >= 0.3 is 0 Å². The zero-order valence-electron chi connectivity index (χ0n) is 18.0. The SMILES string of the molecule is C=C(C)Cn1nc(C)c(CN2[C@@H]3CC[C@@H]2c2cnc(N4CCCC4)nc2C3)c1C. The number of nitrogens with zero attached hydrogens (tertiary/aromatic N) is 6. The number of fused-ring (bicyclic) bond motifs is 4. The predicted molar refractivity (Wildman–Crippen MR) is 115 cm³/mol. The molecular formula is C23H32N6. The van der Waals surface area contributed by atoms with E-state index in [1.807, 2.05) is 0 Å². The summed E-state index contributed by atoms with van der Waals surface area (Å²) in [6, 6.07) is 1.02. The number of hydrogen-bond acceptors (Lipinski definition) is 5. The Morgan fingerprint density at radius 3 is 2.76 bits per heavy atom. The Balaban J connectivity index is 1.40. The number of aromatic nitrogens is 4. The van der Waals surface area contributed by atoms with Crippen molar-refractivity contribution in [1.29, 1.82) is 0 Å². The van der Waals surface area contributed by atoms with Crippen LogP contribution in [0.3, 0.4) is 0 Å². The molecule has 2 aromatic heterocycles. The Labute approximate surface area is 173 Å². The van der Waals surface area contributed by atoms with E-state index >= 15 is 0 Å². The van der Waals surface area contributed by atoms with Crippen LogP contribution in [0.1, 0.15) is 66.9 Å². The van der Waals surface area contributed by atoms with Crippen LogP contribution in [-0.4, -0.2) is 43.8 Å². The lowest BCUT2D eigenvalue weighted by molar-refractivity contribution is 0.165. The van der Waals surface area contributed by atoms with Gasteiger partial charge in [0.15, 0.2) is 0 Å². The predicted octanol–water partition coefficient (Wildman–Crippen LogP) is 3.73. The van der Waals surface area contributed by atoms with Crippen molar-refractivity contribution in [1.82, 2.24) is 24.6 Å². The Morgan fingerprint density at radius 2 is 2.00 bits per heavy atom. The van der Waals surface area contributed by atoms with E-state index in [1.165, 1.54) is 48.2 Å². The maximum atomic E-state index is 5.01. The number of rotatable bonds is 5. The fourth-order valence-corrected chi connectivity index (χ4v) is 5.43. The van der Waals surface area contributed by atoms with Gasteiger partial charge in [-0.15, -0.1) is 0 Å². The van der Waals surface area contributed by atoms with Gasteiger partial charge in [0.2, 0.25) is 5.95 Å².